The molecule has 0 fully saturated rings. The van der Waals surface area contributed by atoms with Crippen LogP contribution in [0.15, 0.2) is 37.9 Å². The number of rotatable bonds is 7. The first-order valence-electron chi connectivity index (χ1n) is 7.23. The molecule has 0 aromatic carbocycles. The Morgan fingerprint density at radius 1 is 0.955 bits per heavy atom. The highest BCUT2D eigenvalue weighted by Gasteiger charge is 2.24. The van der Waals surface area contributed by atoms with Gasteiger partial charge in [-0.25, -0.2) is 18.3 Å². The molecule has 22 heavy (non-hydrogen) atoms. The van der Waals surface area contributed by atoms with E-state index in [0.717, 1.165) is 11.6 Å². The number of aliphatic hydroxyl groups excluding tert-OH is 2. The van der Waals surface area contributed by atoms with Gasteiger partial charge in [-0.3, -0.25) is 0 Å². The second-order valence-corrected chi connectivity index (χ2v) is 5.31. The number of nitrogens with zero attached hydrogens (tertiary/aromatic N) is 4. The summed E-state index contributed by atoms with van der Waals surface area (Å²) in [6, 6.07) is 0. The molecular weight excluding hydrogens is 280 g/mol. The van der Waals surface area contributed by atoms with Gasteiger partial charge in [-0.15, -0.1) is 0 Å². The zero-order valence-corrected chi connectivity index (χ0v) is 13.1. The number of hydrogen-bond acceptors (Lipinski definition) is 2. The van der Waals surface area contributed by atoms with Gasteiger partial charge in [0.15, 0.2) is 0 Å². The van der Waals surface area contributed by atoms with E-state index in [0.29, 0.717) is 13.1 Å². The van der Waals surface area contributed by atoms with Crippen LogP contribution in [0.5, 0.6) is 0 Å². The van der Waals surface area contributed by atoms with Crippen LogP contribution in [0.2, 0.25) is 0 Å². The summed E-state index contributed by atoms with van der Waals surface area (Å²) < 4.78 is 7.51. The van der Waals surface area contributed by atoms with Crippen LogP contribution in [-0.4, -0.2) is 31.6 Å². The molecule has 0 aliphatic carbocycles. The zero-order valence-electron chi connectivity index (χ0n) is 13.1. The molecule has 0 aliphatic heterocycles. The minimum atomic E-state index is -0.858. The van der Waals surface area contributed by atoms with Crippen molar-refractivity contribution >= 4 is 12.4 Å². The summed E-state index contributed by atoms with van der Waals surface area (Å²) in [6.07, 6.45) is 9.14. The highest BCUT2D eigenvalue weighted by Crippen LogP contribution is 2.00. The molecule has 0 saturated carbocycles. The monoisotopic (exact) mass is 304 g/mol. The van der Waals surface area contributed by atoms with Crippen molar-refractivity contribution in [3.8, 4) is 0 Å². The van der Waals surface area contributed by atoms with Crippen LogP contribution >= 0.6 is 0 Å². The molecule has 0 amide bonds. The van der Waals surface area contributed by atoms with E-state index in [2.05, 4.69) is 13.2 Å². The minimum Gasteiger partial charge on any atom is -0.386 e. The van der Waals surface area contributed by atoms with E-state index in [9.17, 15) is 10.2 Å². The van der Waals surface area contributed by atoms with Crippen molar-refractivity contribution in [1.82, 2.24) is 9.13 Å². The van der Waals surface area contributed by atoms with Crippen molar-refractivity contribution in [2.24, 2.45) is 0 Å². The van der Waals surface area contributed by atoms with Crippen LogP contribution in [0.1, 0.15) is 11.6 Å². The smallest absolute Gasteiger partial charge is 0.258 e. The molecule has 2 unspecified atom stereocenters. The van der Waals surface area contributed by atoms with E-state index in [1.54, 1.807) is 12.4 Å². The van der Waals surface area contributed by atoms with Gasteiger partial charge in [0.2, 0.25) is 0 Å². The second-order valence-electron chi connectivity index (χ2n) is 5.31. The fourth-order valence-corrected chi connectivity index (χ4v) is 2.45. The highest BCUT2D eigenvalue weighted by molar-refractivity contribution is 5.17. The largest absolute Gasteiger partial charge is 0.386 e. The fraction of sp³-hybridized carbons (Fsp3) is 0.375. The summed E-state index contributed by atoms with van der Waals surface area (Å²) in [6.45, 7) is 12.0. The van der Waals surface area contributed by atoms with E-state index >= 15 is 0 Å². The molecule has 2 N–H and O–H groups in total. The average molecular weight is 304 g/mol. The van der Waals surface area contributed by atoms with Crippen molar-refractivity contribution < 1.29 is 19.3 Å². The topological polar surface area (TPSA) is 58.1 Å². The Labute approximate surface area is 130 Å². The van der Waals surface area contributed by atoms with Gasteiger partial charge in [0, 0.05) is 13.8 Å². The van der Waals surface area contributed by atoms with Crippen LogP contribution in [-0.2, 0) is 13.1 Å². The van der Waals surface area contributed by atoms with E-state index < -0.39 is 12.2 Å². The molecule has 0 saturated heterocycles. The Kier molecular flexibility index (Phi) is 4.95. The van der Waals surface area contributed by atoms with Crippen molar-refractivity contribution in [2.75, 3.05) is 0 Å². The fourth-order valence-electron chi connectivity index (χ4n) is 2.45. The minimum absolute atomic E-state index is 0.329. The first kappa shape index (κ1) is 16.2. The maximum atomic E-state index is 10.2. The van der Waals surface area contributed by atoms with Crippen LogP contribution in [0.25, 0.3) is 12.4 Å². The van der Waals surface area contributed by atoms with Gasteiger partial charge < -0.3 is 10.2 Å². The van der Waals surface area contributed by atoms with Gasteiger partial charge in [-0.2, -0.15) is 0 Å². The third kappa shape index (κ3) is 3.18. The summed E-state index contributed by atoms with van der Waals surface area (Å²) in [5.74, 6) is 1.89. The molecule has 2 aromatic heterocycles. The average Bonchev–Trinajstić information content (AvgIpc) is 3.03. The lowest BCUT2D eigenvalue weighted by molar-refractivity contribution is -0.724. The van der Waals surface area contributed by atoms with Crippen molar-refractivity contribution in [1.29, 1.82) is 0 Å². The quantitative estimate of drug-likeness (QED) is 0.713. The number of aliphatic hydroxyl groups is 2. The lowest BCUT2D eigenvalue weighted by Gasteiger charge is -2.15. The standard InChI is InChI=1S/C16H24N4O2/c1-5-17-7-9-19(13(17)3)11-15(21)16(22)12-20-10-8-18(6-2)14(20)4/h5-10,15-16,21-22H,1-2,11-12H2,3-4H3/q+2. The molecular formula is C16H24N4O2+2. The lowest BCUT2D eigenvalue weighted by Crippen LogP contribution is -2.51. The summed E-state index contributed by atoms with van der Waals surface area (Å²) in [7, 11) is 0. The Morgan fingerprint density at radius 3 is 1.59 bits per heavy atom. The molecule has 2 rings (SSSR count). The number of imidazole rings is 2. The van der Waals surface area contributed by atoms with Gasteiger partial charge in [0.1, 0.15) is 50.1 Å². The van der Waals surface area contributed by atoms with E-state index in [1.165, 1.54) is 0 Å². The van der Waals surface area contributed by atoms with E-state index in [-0.39, 0.29) is 0 Å². The maximum absolute atomic E-state index is 10.2. The van der Waals surface area contributed by atoms with Gasteiger partial charge in [-0.05, 0) is 0 Å². The first-order valence-corrected chi connectivity index (χ1v) is 7.23. The molecule has 0 spiro atoms. The van der Waals surface area contributed by atoms with Crippen LogP contribution < -0.4 is 9.13 Å². The predicted octanol–water partition coefficient (Wildman–Crippen LogP) is 0.104. The molecule has 2 aromatic rings. The third-order valence-electron chi connectivity index (χ3n) is 4.00. The lowest BCUT2D eigenvalue weighted by atomic mass is 10.2. The van der Waals surface area contributed by atoms with Crippen molar-refractivity contribution in [2.45, 2.75) is 39.1 Å². The summed E-state index contributed by atoms with van der Waals surface area (Å²) in [4.78, 5) is 0. The molecule has 0 bridgehead atoms. The maximum Gasteiger partial charge on any atom is 0.258 e. The Hall–Kier alpha value is -2.18. The van der Waals surface area contributed by atoms with Crippen molar-refractivity contribution in [3.63, 3.8) is 0 Å². The number of hydrogen-bond donors (Lipinski definition) is 2. The third-order valence-corrected chi connectivity index (χ3v) is 4.00. The predicted molar refractivity (Wildman–Crippen MR) is 83.5 cm³/mol. The van der Waals surface area contributed by atoms with Gasteiger partial charge in [-0.1, -0.05) is 13.2 Å². The van der Waals surface area contributed by atoms with Crippen LogP contribution in [0.4, 0.5) is 0 Å². The number of aromatic nitrogens is 4. The van der Waals surface area contributed by atoms with Crippen LogP contribution in [0, 0.1) is 13.8 Å². The Morgan fingerprint density at radius 2 is 1.32 bits per heavy atom. The van der Waals surface area contributed by atoms with E-state index in [1.807, 2.05) is 56.9 Å². The zero-order chi connectivity index (χ0) is 16.3. The second kappa shape index (κ2) is 6.72. The molecule has 118 valence electrons. The summed E-state index contributed by atoms with van der Waals surface area (Å²) in [5, 5.41) is 20.5. The van der Waals surface area contributed by atoms with Crippen LogP contribution in [0.3, 0.4) is 0 Å². The highest BCUT2D eigenvalue weighted by atomic mass is 16.3. The Balaban J connectivity index is 2.03. The molecule has 6 nitrogen and oxygen atoms in total. The molecule has 0 radical (unpaired) electrons. The summed E-state index contributed by atoms with van der Waals surface area (Å²) >= 11 is 0. The van der Waals surface area contributed by atoms with Gasteiger partial charge >= 0.3 is 0 Å². The molecule has 2 heterocycles. The normalized spacial score (nSPS) is 13.8. The first-order chi connectivity index (χ1) is 10.5. The molecule has 6 heteroatoms. The molecule has 0 aliphatic rings. The molecule has 2 atom stereocenters. The van der Waals surface area contributed by atoms with Gasteiger partial charge in [0.05, 0.1) is 12.4 Å². The van der Waals surface area contributed by atoms with Gasteiger partial charge in [0.25, 0.3) is 11.6 Å². The Bertz CT molecular complexity index is 613. The SMILES string of the molecule is C=Cn1cc[n+](CC(O)C(O)C[n+]2ccn(C=C)c2C)c1C. The summed E-state index contributed by atoms with van der Waals surface area (Å²) in [5.41, 5.74) is 0. The van der Waals surface area contributed by atoms with Crippen molar-refractivity contribution in [3.05, 3.63) is 49.6 Å². The van der Waals surface area contributed by atoms with E-state index in [4.69, 9.17) is 0 Å².